The molecule has 158 valence electrons. The molecule has 0 heterocycles. The molecule has 2 atom stereocenters. The van der Waals surface area contributed by atoms with Crippen LogP contribution in [-0.4, -0.2) is 24.5 Å². The van der Waals surface area contributed by atoms with E-state index in [-0.39, 0.29) is 30.0 Å². The van der Waals surface area contributed by atoms with Crippen molar-refractivity contribution in [2.24, 2.45) is 11.8 Å². The molecular weight excluding hydrogens is 377 g/mol. The first-order valence-corrected chi connectivity index (χ1v) is 10.1. The minimum absolute atomic E-state index is 0.0340. The van der Waals surface area contributed by atoms with Gasteiger partial charge in [-0.2, -0.15) is 0 Å². The van der Waals surface area contributed by atoms with E-state index >= 15 is 0 Å². The molecule has 1 fully saturated rings. The maximum absolute atomic E-state index is 13.7. The summed E-state index contributed by atoms with van der Waals surface area (Å²) < 4.78 is 39.6. The molecule has 0 radical (unpaired) electrons. The summed E-state index contributed by atoms with van der Waals surface area (Å²) >= 11 is 0. The molecule has 2 rings (SSSR count). The number of alkyl halides is 2. The van der Waals surface area contributed by atoms with E-state index in [0.29, 0.717) is 6.04 Å². The quantitative estimate of drug-likeness (QED) is 0.258. The van der Waals surface area contributed by atoms with Gasteiger partial charge in [0.25, 0.3) is 6.43 Å². The third kappa shape index (κ3) is 7.87. The second-order valence-corrected chi connectivity index (χ2v) is 7.65. The Morgan fingerprint density at radius 2 is 2.10 bits per heavy atom. The second-order valence-electron chi connectivity index (χ2n) is 7.65. The summed E-state index contributed by atoms with van der Waals surface area (Å²) in [4.78, 5) is 10.9. The SMILES string of the molecule is CC/C=C(\C=C/C(C)C=O)C(=C/C(=N)CC1C=C(C(F)F)C=C(F)C1)/NC1CC1. The van der Waals surface area contributed by atoms with Gasteiger partial charge in [0.15, 0.2) is 0 Å². The van der Waals surface area contributed by atoms with Gasteiger partial charge in [-0.05, 0) is 49.3 Å². The summed E-state index contributed by atoms with van der Waals surface area (Å²) in [6, 6.07) is 0.353. The van der Waals surface area contributed by atoms with Crippen LogP contribution in [0.15, 0.2) is 59.1 Å². The zero-order chi connectivity index (χ0) is 21.4. The second kappa shape index (κ2) is 11.0. The van der Waals surface area contributed by atoms with E-state index in [1.54, 1.807) is 19.1 Å². The Morgan fingerprint density at radius 3 is 2.69 bits per heavy atom. The van der Waals surface area contributed by atoms with Crippen molar-refractivity contribution in [3.8, 4) is 0 Å². The Balaban J connectivity index is 2.18. The van der Waals surface area contributed by atoms with Crippen molar-refractivity contribution in [1.29, 1.82) is 5.41 Å². The Kier molecular flexibility index (Phi) is 8.68. The van der Waals surface area contributed by atoms with Crippen LogP contribution in [0.1, 0.15) is 46.0 Å². The fraction of sp³-hybridized carbons (Fsp3) is 0.478. The Hall–Kier alpha value is -2.37. The predicted molar refractivity (Wildman–Crippen MR) is 111 cm³/mol. The fourth-order valence-corrected chi connectivity index (χ4v) is 3.10. The first-order chi connectivity index (χ1) is 13.8. The topological polar surface area (TPSA) is 53.0 Å². The predicted octanol–water partition coefficient (Wildman–Crippen LogP) is 5.82. The lowest BCUT2D eigenvalue weighted by Crippen LogP contribution is -2.19. The van der Waals surface area contributed by atoms with E-state index in [2.05, 4.69) is 5.32 Å². The number of allylic oxidation sites excluding steroid dienone is 8. The first-order valence-electron chi connectivity index (χ1n) is 10.1. The first kappa shape index (κ1) is 22.9. The van der Waals surface area contributed by atoms with E-state index < -0.39 is 18.2 Å². The van der Waals surface area contributed by atoms with Crippen molar-refractivity contribution >= 4 is 12.0 Å². The average Bonchev–Trinajstić information content (AvgIpc) is 3.47. The molecule has 3 nitrogen and oxygen atoms in total. The number of halogens is 3. The highest BCUT2D eigenvalue weighted by molar-refractivity contribution is 5.94. The molecule has 1 saturated carbocycles. The fourth-order valence-electron chi connectivity index (χ4n) is 3.10. The van der Waals surface area contributed by atoms with Gasteiger partial charge in [0.05, 0.1) is 0 Å². The summed E-state index contributed by atoms with van der Waals surface area (Å²) in [6.07, 6.45) is 10.9. The smallest absolute Gasteiger partial charge is 0.263 e. The zero-order valence-corrected chi connectivity index (χ0v) is 16.9. The summed E-state index contributed by atoms with van der Waals surface area (Å²) in [7, 11) is 0. The zero-order valence-electron chi connectivity index (χ0n) is 16.9. The van der Waals surface area contributed by atoms with Gasteiger partial charge in [-0.15, -0.1) is 0 Å². The number of nitrogens with one attached hydrogen (secondary N) is 2. The van der Waals surface area contributed by atoms with E-state index in [9.17, 15) is 18.0 Å². The summed E-state index contributed by atoms with van der Waals surface area (Å²) in [5.74, 6) is -1.25. The molecule has 0 amide bonds. The van der Waals surface area contributed by atoms with Gasteiger partial charge < -0.3 is 15.5 Å². The molecule has 0 aromatic carbocycles. The number of aldehydes is 1. The van der Waals surface area contributed by atoms with Crippen LogP contribution in [-0.2, 0) is 4.79 Å². The van der Waals surface area contributed by atoms with Gasteiger partial charge in [0.1, 0.15) is 12.1 Å². The van der Waals surface area contributed by atoms with Crippen molar-refractivity contribution < 1.29 is 18.0 Å². The minimum atomic E-state index is -2.72. The third-order valence-corrected chi connectivity index (χ3v) is 4.73. The van der Waals surface area contributed by atoms with Crippen LogP contribution < -0.4 is 5.32 Å². The maximum Gasteiger partial charge on any atom is 0.263 e. The number of hydrogen-bond acceptors (Lipinski definition) is 3. The molecule has 6 heteroatoms. The third-order valence-electron chi connectivity index (χ3n) is 4.73. The summed E-state index contributed by atoms with van der Waals surface area (Å²) in [6.45, 7) is 3.80. The molecule has 2 N–H and O–H groups in total. The van der Waals surface area contributed by atoms with Crippen LogP contribution in [0.2, 0.25) is 0 Å². The molecule has 0 spiro atoms. The Morgan fingerprint density at radius 1 is 1.38 bits per heavy atom. The Labute approximate surface area is 170 Å². The standard InChI is InChI=1S/C23H29F3N2O/c1-3-4-17(6-5-15(2)14-29)22(28-21-7-8-21)13-20(27)11-16-9-18(23(25)26)12-19(24)10-16/h4-6,9,12-16,21,23,27-28H,3,7-8,10-11H2,1-2H3/b6-5-,17-4+,22-13-,27-20?. The minimum Gasteiger partial charge on any atom is -0.382 e. The normalized spacial score (nSPS) is 21.8. The van der Waals surface area contributed by atoms with Crippen LogP contribution in [0.25, 0.3) is 0 Å². The number of carbonyl (C=O) groups excluding carboxylic acids is 1. The van der Waals surface area contributed by atoms with E-state index in [0.717, 1.165) is 42.9 Å². The van der Waals surface area contributed by atoms with E-state index in [1.807, 2.05) is 19.1 Å². The molecule has 0 aromatic heterocycles. The average molecular weight is 406 g/mol. The molecular formula is C23H29F3N2O. The lowest BCUT2D eigenvalue weighted by atomic mass is 9.90. The van der Waals surface area contributed by atoms with Gasteiger partial charge in [0, 0.05) is 35.4 Å². The van der Waals surface area contributed by atoms with Gasteiger partial charge in [0.2, 0.25) is 0 Å². The van der Waals surface area contributed by atoms with Gasteiger partial charge in [-0.25, -0.2) is 13.2 Å². The van der Waals surface area contributed by atoms with Crippen molar-refractivity contribution in [1.82, 2.24) is 5.32 Å². The Bertz CT molecular complexity index is 758. The molecule has 2 aliphatic rings. The highest BCUT2D eigenvalue weighted by Crippen LogP contribution is 2.30. The van der Waals surface area contributed by atoms with Crippen molar-refractivity contribution in [2.45, 2.75) is 58.4 Å². The van der Waals surface area contributed by atoms with Crippen LogP contribution in [0, 0.1) is 17.2 Å². The van der Waals surface area contributed by atoms with Crippen LogP contribution in [0.3, 0.4) is 0 Å². The monoisotopic (exact) mass is 406 g/mol. The van der Waals surface area contributed by atoms with Crippen LogP contribution in [0.5, 0.6) is 0 Å². The molecule has 0 bridgehead atoms. The van der Waals surface area contributed by atoms with Crippen molar-refractivity contribution in [3.63, 3.8) is 0 Å². The maximum atomic E-state index is 13.7. The van der Waals surface area contributed by atoms with E-state index in [1.165, 1.54) is 6.08 Å². The largest absolute Gasteiger partial charge is 0.382 e. The van der Waals surface area contributed by atoms with Crippen molar-refractivity contribution in [3.05, 3.63) is 59.1 Å². The van der Waals surface area contributed by atoms with E-state index in [4.69, 9.17) is 5.41 Å². The van der Waals surface area contributed by atoms with Crippen molar-refractivity contribution in [2.75, 3.05) is 0 Å². The molecule has 2 aliphatic carbocycles. The molecule has 29 heavy (non-hydrogen) atoms. The summed E-state index contributed by atoms with van der Waals surface area (Å²) in [5.41, 5.74) is 1.59. The molecule has 0 aromatic rings. The number of carbonyl (C=O) groups is 1. The van der Waals surface area contributed by atoms with Crippen LogP contribution in [0.4, 0.5) is 13.2 Å². The molecule has 0 saturated heterocycles. The lowest BCUT2D eigenvalue weighted by molar-refractivity contribution is -0.109. The summed E-state index contributed by atoms with van der Waals surface area (Å²) in [5, 5.41) is 11.8. The molecule has 2 unspecified atom stereocenters. The van der Waals surface area contributed by atoms with Crippen LogP contribution >= 0.6 is 0 Å². The number of rotatable bonds is 11. The number of hydrogen-bond donors (Lipinski definition) is 2. The van der Waals surface area contributed by atoms with Gasteiger partial charge in [-0.3, -0.25) is 0 Å². The molecule has 0 aliphatic heterocycles. The highest BCUT2D eigenvalue weighted by Gasteiger charge is 2.24. The van der Waals surface area contributed by atoms with Gasteiger partial charge in [-0.1, -0.05) is 38.2 Å². The highest BCUT2D eigenvalue weighted by atomic mass is 19.3. The van der Waals surface area contributed by atoms with Gasteiger partial charge >= 0.3 is 0 Å². The lowest BCUT2D eigenvalue weighted by Gasteiger charge is -2.18.